The maximum atomic E-state index is 5.17. The van der Waals surface area contributed by atoms with Crippen LogP contribution in [-0.4, -0.2) is 36.1 Å². The molecule has 78 valence electrons. The van der Waals surface area contributed by atoms with Gasteiger partial charge in [-0.25, -0.2) is 4.98 Å². The smallest absolute Gasteiger partial charge is 0.213 e. The maximum absolute atomic E-state index is 5.17. The summed E-state index contributed by atoms with van der Waals surface area (Å²) in [6.07, 6.45) is 6.84. The van der Waals surface area contributed by atoms with Gasteiger partial charge in [0.2, 0.25) is 5.88 Å². The Morgan fingerprint density at radius 1 is 1.50 bits per heavy atom. The fourth-order valence-electron chi connectivity index (χ4n) is 1.87. The van der Waals surface area contributed by atoms with Crippen molar-refractivity contribution in [3.05, 3.63) is 12.6 Å². The topological polar surface area (TPSA) is 41.3 Å². The van der Waals surface area contributed by atoms with Crippen molar-refractivity contribution >= 4 is 5.88 Å². The molecule has 1 aromatic rings. The van der Waals surface area contributed by atoms with Crippen LogP contribution < -0.4 is 5.32 Å². The highest BCUT2D eigenvalue weighted by Gasteiger charge is 2.15. The van der Waals surface area contributed by atoms with E-state index in [4.69, 9.17) is 4.42 Å². The van der Waals surface area contributed by atoms with Gasteiger partial charge in [-0.2, -0.15) is 0 Å². The number of hydrogen-bond acceptors (Lipinski definition) is 4. The third kappa shape index (κ3) is 2.48. The lowest BCUT2D eigenvalue weighted by molar-refractivity contribution is 0.348. The Labute approximate surface area is 84.3 Å². The fourth-order valence-corrected chi connectivity index (χ4v) is 1.87. The predicted molar refractivity (Wildman–Crippen MR) is 55.3 cm³/mol. The van der Waals surface area contributed by atoms with Gasteiger partial charge in [-0.3, -0.25) is 0 Å². The number of oxazole rings is 1. The molecule has 1 aromatic heterocycles. The lowest BCUT2D eigenvalue weighted by Crippen LogP contribution is -2.22. The number of likely N-dealkylation sites (tertiary alicyclic amines) is 1. The minimum absolute atomic E-state index is 0.535. The average Bonchev–Trinajstić information content (AvgIpc) is 2.58. The van der Waals surface area contributed by atoms with Crippen molar-refractivity contribution in [3.8, 4) is 0 Å². The van der Waals surface area contributed by atoms with E-state index in [0.29, 0.717) is 6.04 Å². The van der Waals surface area contributed by atoms with Gasteiger partial charge in [0.15, 0.2) is 6.39 Å². The largest absolute Gasteiger partial charge is 0.428 e. The maximum Gasteiger partial charge on any atom is 0.213 e. The summed E-state index contributed by atoms with van der Waals surface area (Å²) in [7, 11) is 2.18. The van der Waals surface area contributed by atoms with Crippen molar-refractivity contribution in [2.24, 2.45) is 0 Å². The van der Waals surface area contributed by atoms with Gasteiger partial charge in [-0.1, -0.05) is 0 Å². The molecule has 0 aromatic carbocycles. The van der Waals surface area contributed by atoms with E-state index in [9.17, 15) is 0 Å². The Kier molecular flexibility index (Phi) is 3.03. The van der Waals surface area contributed by atoms with Gasteiger partial charge >= 0.3 is 0 Å². The molecule has 1 aliphatic rings. The van der Waals surface area contributed by atoms with Crippen LogP contribution in [0.1, 0.15) is 19.3 Å². The molecular weight excluding hydrogens is 178 g/mol. The second-order valence-corrected chi connectivity index (χ2v) is 3.94. The molecule has 1 saturated heterocycles. The Balaban J connectivity index is 1.86. The highest BCUT2D eigenvalue weighted by atomic mass is 16.4. The molecule has 0 spiro atoms. The van der Waals surface area contributed by atoms with Gasteiger partial charge < -0.3 is 14.6 Å². The lowest BCUT2D eigenvalue weighted by Gasteiger charge is -2.15. The third-order valence-corrected chi connectivity index (χ3v) is 2.73. The molecule has 0 saturated carbocycles. The molecule has 1 atom stereocenters. The molecule has 0 aliphatic carbocycles. The Morgan fingerprint density at radius 2 is 2.43 bits per heavy atom. The van der Waals surface area contributed by atoms with Crippen LogP contribution in [0.25, 0.3) is 0 Å². The monoisotopic (exact) mass is 195 g/mol. The van der Waals surface area contributed by atoms with Crippen LogP contribution in [0.2, 0.25) is 0 Å². The zero-order valence-electron chi connectivity index (χ0n) is 8.57. The van der Waals surface area contributed by atoms with Gasteiger partial charge in [0.05, 0.1) is 6.20 Å². The van der Waals surface area contributed by atoms with Crippen molar-refractivity contribution in [1.29, 1.82) is 0 Å². The van der Waals surface area contributed by atoms with Gasteiger partial charge in [-0.05, 0) is 39.4 Å². The summed E-state index contributed by atoms with van der Waals surface area (Å²) >= 11 is 0. The van der Waals surface area contributed by atoms with Crippen molar-refractivity contribution < 1.29 is 4.42 Å². The van der Waals surface area contributed by atoms with Gasteiger partial charge in [-0.15, -0.1) is 0 Å². The van der Waals surface area contributed by atoms with Crippen LogP contribution in [0.3, 0.4) is 0 Å². The molecule has 0 amide bonds. The van der Waals surface area contributed by atoms with Gasteiger partial charge in [0.1, 0.15) is 0 Å². The average molecular weight is 195 g/mol. The number of hydrogen-bond donors (Lipinski definition) is 1. The van der Waals surface area contributed by atoms with Crippen molar-refractivity contribution in [2.45, 2.75) is 25.3 Å². The molecule has 14 heavy (non-hydrogen) atoms. The van der Waals surface area contributed by atoms with E-state index in [1.807, 2.05) is 0 Å². The Morgan fingerprint density at radius 3 is 3.21 bits per heavy atom. The number of rotatable bonds is 2. The van der Waals surface area contributed by atoms with Crippen LogP contribution in [0.15, 0.2) is 17.0 Å². The van der Waals surface area contributed by atoms with E-state index in [1.54, 1.807) is 6.20 Å². The first kappa shape index (κ1) is 9.52. The number of anilines is 1. The van der Waals surface area contributed by atoms with Crippen molar-refractivity contribution in [3.63, 3.8) is 0 Å². The SMILES string of the molecule is CN1CCCC(Nc2cnco2)CC1. The zero-order chi connectivity index (χ0) is 9.80. The van der Waals surface area contributed by atoms with E-state index in [-0.39, 0.29) is 0 Å². The van der Waals surface area contributed by atoms with Crippen LogP contribution in [-0.2, 0) is 0 Å². The Hall–Kier alpha value is -1.03. The lowest BCUT2D eigenvalue weighted by atomic mass is 10.1. The van der Waals surface area contributed by atoms with Crippen LogP contribution >= 0.6 is 0 Å². The first-order valence-electron chi connectivity index (χ1n) is 5.18. The van der Waals surface area contributed by atoms with Crippen LogP contribution in [0.5, 0.6) is 0 Å². The summed E-state index contributed by atoms with van der Waals surface area (Å²) in [6, 6.07) is 0.535. The standard InChI is InChI=1S/C10H17N3O/c1-13-5-2-3-9(4-6-13)12-10-7-11-8-14-10/h7-9,12H,2-6H2,1H3. The second-order valence-electron chi connectivity index (χ2n) is 3.94. The first-order chi connectivity index (χ1) is 6.84. The predicted octanol–water partition coefficient (Wildman–Crippen LogP) is 1.57. The molecule has 1 aliphatic heterocycles. The van der Waals surface area contributed by atoms with Crippen LogP contribution in [0.4, 0.5) is 5.88 Å². The molecular formula is C10H17N3O. The third-order valence-electron chi connectivity index (χ3n) is 2.73. The van der Waals surface area contributed by atoms with Crippen LogP contribution in [0, 0.1) is 0 Å². The molecule has 4 heteroatoms. The quantitative estimate of drug-likeness (QED) is 0.777. The van der Waals surface area contributed by atoms with Gasteiger partial charge in [0, 0.05) is 6.04 Å². The molecule has 1 fully saturated rings. The number of aromatic nitrogens is 1. The van der Waals surface area contributed by atoms with E-state index in [0.717, 1.165) is 12.4 Å². The molecule has 2 heterocycles. The van der Waals surface area contributed by atoms with E-state index in [1.165, 1.54) is 32.2 Å². The summed E-state index contributed by atoms with van der Waals surface area (Å²) in [5.74, 6) is 0.791. The fraction of sp³-hybridized carbons (Fsp3) is 0.700. The molecule has 2 rings (SSSR count). The molecule has 0 radical (unpaired) electrons. The zero-order valence-corrected chi connectivity index (χ0v) is 8.57. The van der Waals surface area contributed by atoms with E-state index < -0.39 is 0 Å². The van der Waals surface area contributed by atoms with Gasteiger partial charge in [0.25, 0.3) is 0 Å². The number of nitrogens with one attached hydrogen (secondary N) is 1. The van der Waals surface area contributed by atoms with Crippen molar-refractivity contribution in [1.82, 2.24) is 9.88 Å². The minimum atomic E-state index is 0.535. The summed E-state index contributed by atoms with van der Waals surface area (Å²) in [4.78, 5) is 6.26. The van der Waals surface area contributed by atoms with E-state index >= 15 is 0 Å². The number of nitrogens with zero attached hydrogens (tertiary/aromatic N) is 2. The summed E-state index contributed by atoms with van der Waals surface area (Å²) in [6.45, 7) is 2.36. The molecule has 0 bridgehead atoms. The highest BCUT2D eigenvalue weighted by Crippen LogP contribution is 2.15. The minimum Gasteiger partial charge on any atom is -0.428 e. The molecule has 1 unspecified atom stereocenters. The Bertz CT molecular complexity index is 260. The summed E-state index contributed by atoms with van der Waals surface area (Å²) in [5, 5.41) is 3.37. The first-order valence-corrected chi connectivity index (χ1v) is 5.18. The van der Waals surface area contributed by atoms with E-state index in [2.05, 4.69) is 22.2 Å². The highest BCUT2D eigenvalue weighted by molar-refractivity contribution is 5.27. The summed E-state index contributed by atoms with van der Waals surface area (Å²) in [5.41, 5.74) is 0. The second kappa shape index (κ2) is 4.46. The van der Waals surface area contributed by atoms with Crippen molar-refractivity contribution in [2.75, 3.05) is 25.5 Å². The molecule has 4 nitrogen and oxygen atoms in total. The normalized spacial score (nSPS) is 24.5. The molecule has 1 N–H and O–H groups in total. The summed E-state index contributed by atoms with van der Waals surface area (Å²) < 4.78 is 5.17.